The molecule has 0 bridgehead atoms. The normalized spacial score (nSPS) is 11.4. The lowest BCUT2D eigenvalue weighted by atomic mass is 10.4. The fourth-order valence-corrected chi connectivity index (χ4v) is 2.20. The maximum Gasteiger partial charge on any atom is 0.333 e. The molecule has 3 rings (SSSR count). The van der Waals surface area contributed by atoms with Crippen LogP contribution in [0.1, 0.15) is 5.76 Å². The van der Waals surface area contributed by atoms with E-state index in [0.717, 1.165) is 4.57 Å². The zero-order valence-electron chi connectivity index (χ0n) is 11.6. The highest BCUT2D eigenvalue weighted by molar-refractivity contribution is 5.75. The Morgan fingerprint density at radius 3 is 2.81 bits per heavy atom. The summed E-state index contributed by atoms with van der Waals surface area (Å²) in [6.07, 6.45) is 1.60. The van der Waals surface area contributed by atoms with Gasteiger partial charge in [0, 0.05) is 7.05 Å². The fourth-order valence-electron chi connectivity index (χ4n) is 2.20. The van der Waals surface area contributed by atoms with E-state index in [9.17, 15) is 14.4 Å². The Morgan fingerprint density at radius 2 is 2.14 bits per heavy atom. The molecule has 9 heteroatoms. The second-order valence-corrected chi connectivity index (χ2v) is 4.59. The third-order valence-corrected chi connectivity index (χ3v) is 3.22. The molecule has 0 aliphatic heterocycles. The number of imidazole rings is 1. The first-order valence-corrected chi connectivity index (χ1v) is 6.09. The molecule has 0 aliphatic carbocycles. The second-order valence-electron chi connectivity index (χ2n) is 4.59. The molecule has 110 valence electrons. The minimum atomic E-state index is -0.683. The number of nitrogens with zero attached hydrogens (tertiary/aromatic N) is 4. The number of carbonyl (C=O) groups excluding carboxylic acids is 1. The van der Waals surface area contributed by atoms with Crippen LogP contribution in [-0.2, 0) is 23.1 Å². The quantitative estimate of drug-likeness (QED) is 0.586. The van der Waals surface area contributed by atoms with Crippen molar-refractivity contribution in [3.05, 3.63) is 32.8 Å². The summed E-state index contributed by atoms with van der Waals surface area (Å²) in [4.78, 5) is 40.1. The first-order valence-electron chi connectivity index (χ1n) is 6.09. The number of fused-ring (bicyclic) bond motifs is 3. The molecule has 0 atom stereocenters. The van der Waals surface area contributed by atoms with E-state index in [1.165, 1.54) is 23.1 Å². The molecule has 0 fully saturated rings. The van der Waals surface area contributed by atoms with Gasteiger partial charge in [-0.05, 0) is 6.92 Å². The van der Waals surface area contributed by atoms with Gasteiger partial charge in [0.05, 0.1) is 13.3 Å². The lowest BCUT2D eigenvalue weighted by Crippen LogP contribution is -2.41. The van der Waals surface area contributed by atoms with E-state index in [1.54, 1.807) is 13.1 Å². The summed E-state index contributed by atoms with van der Waals surface area (Å²) in [5.74, 6) is 0.107. The monoisotopic (exact) mass is 292 g/mol. The number of ether oxygens (including phenoxy) is 1. The number of esters is 1. The Balaban J connectivity index is 2.44. The van der Waals surface area contributed by atoms with Gasteiger partial charge in [0.15, 0.2) is 11.2 Å². The van der Waals surface area contributed by atoms with Crippen LogP contribution in [0.2, 0.25) is 0 Å². The minimum absolute atomic E-state index is 0.174. The summed E-state index contributed by atoms with van der Waals surface area (Å²) >= 11 is 0. The van der Waals surface area contributed by atoms with E-state index in [2.05, 4.69) is 9.72 Å². The average Bonchev–Trinajstić information content (AvgIpc) is 2.96. The molecule has 0 aromatic carbocycles. The van der Waals surface area contributed by atoms with Gasteiger partial charge in [0.1, 0.15) is 12.3 Å². The van der Waals surface area contributed by atoms with Crippen LogP contribution in [0.4, 0.5) is 0 Å². The molecule has 3 aromatic heterocycles. The van der Waals surface area contributed by atoms with Crippen molar-refractivity contribution in [2.45, 2.75) is 13.5 Å². The lowest BCUT2D eigenvalue weighted by molar-refractivity contribution is -0.141. The van der Waals surface area contributed by atoms with Crippen molar-refractivity contribution in [1.29, 1.82) is 0 Å². The first-order chi connectivity index (χ1) is 9.93. The van der Waals surface area contributed by atoms with E-state index in [-0.39, 0.29) is 17.0 Å². The van der Waals surface area contributed by atoms with Crippen molar-refractivity contribution in [3.63, 3.8) is 0 Å². The van der Waals surface area contributed by atoms with Crippen LogP contribution in [0.5, 0.6) is 0 Å². The molecule has 0 saturated carbocycles. The SMILES string of the molecule is COC(=O)Cn1c(=O)c2c(nc3oc(C)cn32)n(C)c1=O. The van der Waals surface area contributed by atoms with Gasteiger partial charge in [-0.1, -0.05) is 0 Å². The van der Waals surface area contributed by atoms with Crippen molar-refractivity contribution >= 4 is 23.0 Å². The van der Waals surface area contributed by atoms with Crippen LogP contribution in [0.3, 0.4) is 0 Å². The summed E-state index contributed by atoms with van der Waals surface area (Å²) < 4.78 is 13.3. The molecule has 0 unspecified atom stereocenters. The van der Waals surface area contributed by atoms with Crippen LogP contribution in [0.15, 0.2) is 20.2 Å². The van der Waals surface area contributed by atoms with E-state index >= 15 is 0 Å². The largest absolute Gasteiger partial charge is 0.468 e. The zero-order chi connectivity index (χ0) is 15.3. The van der Waals surface area contributed by atoms with E-state index < -0.39 is 23.8 Å². The molecule has 21 heavy (non-hydrogen) atoms. The van der Waals surface area contributed by atoms with Crippen LogP contribution >= 0.6 is 0 Å². The Hall–Kier alpha value is -2.84. The van der Waals surface area contributed by atoms with Gasteiger partial charge in [0.25, 0.3) is 5.56 Å². The molecule has 0 N–H and O–H groups in total. The molecule has 3 heterocycles. The molecular formula is C12H12N4O5. The molecular weight excluding hydrogens is 280 g/mol. The summed E-state index contributed by atoms with van der Waals surface area (Å²) in [7, 11) is 2.66. The first kappa shape index (κ1) is 13.2. The molecule has 0 saturated heterocycles. The molecule has 3 aromatic rings. The summed E-state index contributed by atoms with van der Waals surface area (Å²) in [5, 5.41) is 0. The highest BCUT2D eigenvalue weighted by Crippen LogP contribution is 2.14. The average molecular weight is 292 g/mol. The molecule has 0 aliphatic rings. The van der Waals surface area contributed by atoms with Crippen molar-refractivity contribution in [1.82, 2.24) is 18.5 Å². The Morgan fingerprint density at radius 1 is 1.43 bits per heavy atom. The highest BCUT2D eigenvalue weighted by atomic mass is 16.5. The number of oxazole rings is 1. The van der Waals surface area contributed by atoms with Crippen LogP contribution in [-0.4, -0.2) is 31.6 Å². The maximum absolute atomic E-state index is 12.5. The van der Waals surface area contributed by atoms with Crippen LogP contribution < -0.4 is 11.2 Å². The fraction of sp³-hybridized carbons (Fsp3) is 0.333. The van der Waals surface area contributed by atoms with Crippen molar-refractivity contribution < 1.29 is 13.9 Å². The van der Waals surface area contributed by atoms with E-state index in [0.29, 0.717) is 5.76 Å². The van der Waals surface area contributed by atoms with E-state index in [4.69, 9.17) is 4.42 Å². The number of carbonyl (C=O) groups is 1. The smallest absolute Gasteiger partial charge is 0.333 e. The van der Waals surface area contributed by atoms with Gasteiger partial charge in [0.2, 0.25) is 0 Å². The Kier molecular flexibility index (Phi) is 2.71. The molecule has 0 spiro atoms. The van der Waals surface area contributed by atoms with E-state index in [1.807, 2.05) is 0 Å². The summed E-state index contributed by atoms with van der Waals surface area (Å²) in [6.45, 7) is 1.26. The third-order valence-electron chi connectivity index (χ3n) is 3.22. The Bertz CT molecular complexity index is 987. The van der Waals surface area contributed by atoms with Crippen LogP contribution in [0, 0.1) is 6.92 Å². The van der Waals surface area contributed by atoms with Gasteiger partial charge < -0.3 is 9.15 Å². The number of aryl methyl sites for hydroxylation is 2. The van der Waals surface area contributed by atoms with Crippen molar-refractivity contribution in [2.75, 3.05) is 7.11 Å². The zero-order valence-corrected chi connectivity index (χ0v) is 11.6. The number of rotatable bonds is 2. The lowest BCUT2D eigenvalue weighted by Gasteiger charge is -2.06. The van der Waals surface area contributed by atoms with Gasteiger partial charge in [-0.25, -0.2) is 9.36 Å². The highest BCUT2D eigenvalue weighted by Gasteiger charge is 2.20. The number of hydrogen-bond donors (Lipinski definition) is 0. The van der Waals surface area contributed by atoms with Gasteiger partial charge >= 0.3 is 17.5 Å². The van der Waals surface area contributed by atoms with Gasteiger partial charge in [-0.3, -0.25) is 18.6 Å². The number of hydrogen-bond acceptors (Lipinski definition) is 6. The number of methoxy groups -OCH3 is 1. The predicted octanol–water partition coefficient (Wildman–Crippen LogP) is -0.578. The van der Waals surface area contributed by atoms with Crippen molar-refractivity contribution in [2.24, 2.45) is 7.05 Å². The molecule has 0 radical (unpaired) electrons. The maximum atomic E-state index is 12.5. The molecule has 9 nitrogen and oxygen atoms in total. The predicted molar refractivity (Wildman–Crippen MR) is 71.2 cm³/mol. The standard InChI is InChI=1S/C12H12N4O5/c1-6-4-15-8-9(13-11(15)21-6)14(2)12(19)16(10(8)18)5-7(17)20-3/h4H,5H2,1-3H3. The summed E-state index contributed by atoms with van der Waals surface area (Å²) in [6, 6.07) is 0. The van der Waals surface area contributed by atoms with Gasteiger partial charge in [-0.15, -0.1) is 0 Å². The van der Waals surface area contributed by atoms with Gasteiger partial charge in [-0.2, -0.15) is 4.98 Å². The third kappa shape index (κ3) is 1.77. The Labute approximate surface area is 117 Å². The number of aromatic nitrogens is 4. The summed E-state index contributed by atoms with van der Waals surface area (Å²) in [5.41, 5.74) is -0.889. The second kappa shape index (κ2) is 4.33. The van der Waals surface area contributed by atoms with Crippen molar-refractivity contribution in [3.8, 4) is 0 Å². The molecule has 0 amide bonds. The minimum Gasteiger partial charge on any atom is -0.468 e. The topological polar surface area (TPSA) is 101 Å². The van der Waals surface area contributed by atoms with Crippen LogP contribution in [0.25, 0.3) is 17.0 Å².